The van der Waals surface area contributed by atoms with Gasteiger partial charge in [0.15, 0.2) is 12.1 Å². The summed E-state index contributed by atoms with van der Waals surface area (Å²) in [6.07, 6.45) is 0. The largest absolute Gasteiger partial charge is 0.324 e. The molecule has 0 aliphatic carbocycles. The van der Waals surface area contributed by atoms with E-state index in [-0.39, 0.29) is 12.2 Å². The molecule has 2 heterocycles. The molecule has 1 saturated heterocycles. The van der Waals surface area contributed by atoms with Crippen molar-refractivity contribution in [1.29, 1.82) is 0 Å². The van der Waals surface area contributed by atoms with Crippen molar-refractivity contribution < 1.29 is 18.8 Å². The van der Waals surface area contributed by atoms with Crippen LogP contribution in [-0.4, -0.2) is 41.4 Å². The Labute approximate surface area is 163 Å². The molecule has 28 heavy (non-hydrogen) atoms. The third-order valence-corrected chi connectivity index (χ3v) is 4.57. The maximum Gasteiger partial charge on any atom is 0.263 e. The lowest BCUT2D eigenvalue weighted by Gasteiger charge is -2.20. The Morgan fingerprint density at radius 2 is 1.93 bits per heavy atom. The smallest absolute Gasteiger partial charge is 0.263 e. The predicted molar refractivity (Wildman–Crippen MR) is 98.1 cm³/mol. The van der Waals surface area contributed by atoms with E-state index in [4.69, 9.17) is 11.6 Å². The van der Waals surface area contributed by atoms with Crippen LogP contribution < -0.4 is 10.2 Å². The molecule has 4 rings (SSSR count). The van der Waals surface area contributed by atoms with E-state index in [2.05, 4.69) is 15.7 Å². The lowest BCUT2D eigenvalue weighted by Crippen LogP contribution is -2.43. The number of carbonyl (C=O) groups excluding carboxylic acids is 3. The van der Waals surface area contributed by atoms with Gasteiger partial charge in [-0.05, 0) is 36.4 Å². The molecular weight excluding hydrogens is 389 g/mol. The summed E-state index contributed by atoms with van der Waals surface area (Å²) in [6, 6.07) is 9.70. The molecule has 1 N–H and O–H groups in total. The second-order valence-corrected chi connectivity index (χ2v) is 6.68. The zero-order valence-electron chi connectivity index (χ0n) is 14.3. The van der Waals surface area contributed by atoms with Crippen LogP contribution >= 0.6 is 11.6 Å². The third-order valence-electron chi connectivity index (χ3n) is 4.34. The number of fused-ring (bicyclic) bond motifs is 1. The lowest BCUT2D eigenvalue weighted by atomic mass is 10.1. The standard InChI is InChI=1S/C18H13ClFN5O3/c19-10-3-1-6-13(7-10)25-17(27)15-16(18(25)28)24(23-22-15)9-14(26)21-12-5-2-4-11(20)8-12/h1-8,15-16H,9H2,(H,21,26). The molecule has 0 bridgehead atoms. The fraction of sp³-hybridized carbons (Fsp3) is 0.167. The van der Waals surface area contributed by atoms with Gasteiger partial charge < -0.3 is 5.32 Å². The van der Waals surface area contributed by atoms with Gasteiger partial charge >= 0.3 is 0 Å². The Morgan fingerprint density at radius 1 is 1.14 bits per heavy atom. The Hall–Kier alpha value is -3.33. The van der Waals surface area contributed by atoms with E-state index in [0.717, 1.165) is 16.0 Å². The van der Waals surface area contributed by atoms with E-state index in [1.165, 1.54) is 24.3 Å². The minimum absolute atomic E-state index is 0.270. The van der Waals surface area contributed by atoms with Crippen LogP contribution in [0.3, 0.4) is 0 Å². The highest BCUT2D eigenvalue weighted by atomic mass is 35.5. The van der Waals surface area contributed by atoms with Crippen LogP contribution in [0.1, 0.15) is 0 Å². The monoisotopic (exact) mass is 401 g/mol. The number of anilines is 2. The summed E-state index contributed by atoms with van der Waals surface area (Å²) in [7, 11) is 0. The Kier molecular flexibility index (Phi) is 4.52. The first-order valence-corrected chi connectivity index (χ1v) is 8.68. The highest BCUT2D eigenvalue weighted by molar-refractivity contribution is 6.31. The Morgan fingerprint density at radius 3 is 2.68 bits per heavy atom. The number of halogens is 2. The van der Waals surface area contributed by atoms with E-state index in [0.29, 0.717) is 10.7 Å². The van der Waals surface area contributed by atoms with Crippen molar-refractivity contribution in [3.05, 3.63) is 59.4 Å². The molecule has 8 nitrogen and oxygen atoms in total. The van der Waals surface area contributed by atoms with Crippen LogP contribution in [0.15, 0.2) is 58.9 Å². The van der Waals surface area contributed by atoms with E-state index in [9.17, 15) is 18.8 Å². The Bertz CT molecular complexity index is 1010. The molecule has 0 radical (unpaired) electrons. The molecule has 3 amide bonds. The zero-order chi connectivity index (χ0) is 19.8. The fourth-order valence-electron chi connectivity index (χ4n) is 3.14. The van der Waals surface area contributed by atoms with Crippen LogP contribution in [0.5, 0.6) is 0 Å². The van der Waals surface area contributed by atoms with Crippen molar-refractivity contribution in [1.82, 2.24) is 5.01 Å². The summed E-state index contributed by atoms with van der Waals surface area (Å²) in [4.78, 5) is 38.7. The normalized spacial score (nSPS) is 20.6. The van der Waals surface area contributed by atoms with Gasteiger partial charge in [0.1, 0.15) is 12.4 Å². The van der Waals surface area contributed by atoms with Crippen LogP contribution in [0.4, 0.5) is 15.8 Å². The number of nitrogens with zero attached hydrogens (tertiary/aromatic N) is 4. The number of carbonyl (C=O) groups is 3. The topological polar surface area (TPSA) is 94.4 Å². The number of amides is 3. The fourth-order valence-corrected chi connectivity index (χ4v) is 3.32. The van der Waals surface area contributed by atoms with Gasteiger partial charge in [0.2, 0.25) is 5.91 Å². The first-order chi connectivity index (χ1) is 13.4. The van der Waals surface area contributed by atoms with Crippen LogP contribution in [0, 0.1) is 5.82 Å². The number of imide groups is 1. The number of hydrogen-bond acceptors (Lipinski definition) is 6. The quantitative estimate of drug-likeness (QED) is 0.796. The van der Waals surface area contributed by atoms with Gasteiger partial charge in [-0.15, -0.1) is 0 Å². The summed E-state index contributed by atoms with van der Waals surface area (Å²) in [5, 5.41) is 11.7. The number of rotatable bonds is 4. The van der Waals surface area contributed by atoms with E-state index in [1.54, 1.807) is 18.2 Å². The van der Waals surface area contributed by atoms with Crippen LogP contribution in [0.25, 0.3) is 0 Å². The molecule has 2 aromatic rings. The molecular formula is C18H13ClFN5O3. The summed E-state index contributed by atoms with van der Waals surface area (Å²) in [5.74, 6) is -2.09. The summed E-state index contributed by atoms with van der Waals surface area (Å²) in [5.41, 5.74) is 0.600. The van der Waals surface area contributed by atoms with Crippen molar-refractivity contribution in [2.75, 3.05) is 16.8 Å². The molecule has 0 saturated carbocycles. The summed E-state index contributed by atoms with van der Waals surface area (Å²) in [6.45, 7) is -0.316. The van der Waals surface area contributed by atoms with Gasteiger partial charge in [0, 0.05) is 10.7 Å². The molecule has 0 spiro atoms. The first-order valence-electron chi connectivity index (χ1n) is 8.30. The molecule has 2 aromatic carbocycles. The number of hydrogen-bond donors (Lipinski definition) is 1. The number of nitrogens with one attached hydrogen (secondary N) is 1. The van der Waals surface area contributed by atoms with Crippen LogP contribution in [0.2, 0.25) is 5.02 Å². The average molecular weight is 402 g/mol. The predicted octanol–water partition coefficient (Wildman–Crippen LogP) is 2.41. The molecule has 0 aromatic heterocycles. The highest BCUT2D eigenvalue weighted by Gasteiger charge is 2.55. The van der Waals surface area contributed by atoms with E-state index in [1.807, 2.05) is 0 Å². The second kappa shape index (κ2) is 7.01. The lowest BCUT2D eigenvalue weighted by molar-refractivity contribution is -0.123. The molecule has 2 aliphatic heterocycles. The van der Waals surface area contributed by atoms with Crippen molar-refractivity contribution in [3.63, 3.8) is 0 Å². The molecule has 1 fully saturated rings. The molecule has 2 atom stereocenters. The minimum atomic E-state index is -1.02. The van der Waals surface area contributed by atoms with Crippen molar-refractivity contribution in [2.45, 2.75) is 12.1 Å². The third kappa shape index (κ3) is 3.20. The van der Waals surface area contributed by atoms with Crippen molar-refractivity contribution >= 4 is 40.7 Å². The summed E-state index contributed by atoms with van der Waals surface area (Å²) >= 11 is 5.94. The highest BCUT2D eigenvalue weighted by Crippen LogP contribution is 2.32. The maximum absolute atomic E-state index is 13.2. The van der Waals surface area contributed by atoms with Crippen molar-refractivity contribution in [2.24, 2.45) is 10.3 Å². The molecule has 2 unspecified atom stereocenters. The molecule has 142 valence electrons. The maximum atomic E-state index is 13.2. The van der Waals surface area contributed by atoms with Gasteiger partial charge in [0.05, 0.1) is 5.69 Å². The SMILES string of the molecule is O=C(CN1N=NC2C(=O)N(c3cccc(Cl)c3)C(=O)C21)Nc1cccc(F)c1. The van der Waals surface area contributed by atoms with Gasteiger partial charge in [-0.1, -0.05) is 29.0 Å². The van der Waals surface area contributed by atoms with E-state index >= 15 is 0 Å². The first kappa shape index (κ1) is 18.1. The second-order valence-electron chi connectivity index (χ2n) is 6.24. The van der Waals surface area contributed by atoms with Crippen LogP contribution in [-0.2, 0) is 14.4 Å². The number of benzene rings is 2. The molecule has 10 heteroatoms. The average Bonchev–Trinajstić information content (AvgIpc) is 3.15. The van der Waals surface area contributed by atoms with Gasteiger partial charge in [-0.2, -0.15) is 5.11 Å². The zero-order valence-corrected chi connectivity index (χ0v) is 15.0. The van der Waals surface area contributed by atoms with Crippen molar-refractivity contribution in [3.8, 4) is 0 Å². The van der Waals surface area contributed by atoms with E-state index < -0.39 is 35.6 Å². The van der Waals surface area contributed by atoms with Gasteiger partial charge in [-0.25, -0.2) is 9.29 Å². The van der Waals surface area contributed by atoms with Gasteiger partial charge in [-0.3, -0.25) is 19.4 Å². The minimum Gasteiger partial charge on any atom is -0.324 e. The molecule has 2 aliphatic rings. The Balaban J connectivity index is 1.49. The van der Waals surface area contributed by atoms with Gasteiger partial charge in [0.25, 0.3) is 11.8 Å². The summed E-state index contributed by atoms with van der Waals surface area (Å²) < 4.78 is 13.2.